The van der Waals surface area contributed by atoms with E-state index in [9.17, 15) is 0 Å². The van der Waals surface area contributed by atoms with E-state index in [2.05, 4.69) is 12.2 Å². The van der Waals surface area contributed by atoms with Gasteiger partial charge in [-0.05, 0) is 19.0 Å². The van der Waals surface area contributed by atoms with Gasteiger partial charge in [-0.15, -0.1) is 0 Å². The number of methoxy groups -OCH3 is 1. The molecule has 0 spiro atoms. The van der Waals surface area contributed by atoms with Crippen molar-refractivity contribution < 1.29 is 14.6 Å². The Labute approximate surface area is 103 Å². The van der Waals surface area contributed by atoms with Gasteiger partial charge in [0.15, 0.2) is 11.5 Å². The first-order valence-electron chi connectivity index (χ1n) is 5.93. The smallest absolute Gasteiger partial charge is 0.165 e. The summed E-state index contributed by atoms with van der Waals surface area (Å²) >= 11 is 0. The summed E-state index contributed by atoms with van der Waals surface area (Å²) in [7, 11) is 1.62. The van der Waals surface area contributed by atoms with E-state index in [1.807, 2.05) is 18.2 Å². The summed E-state index contributed by atoms with van der Waals surface area (Å²) < 4.78 is 10.8. The second-order valence-corrected chi connectivity index (χ2v) is 3.70. The van der Waals surface area contributed by atoms with Crippen LogP contribution in [0.3, 0.4) is 0 Å². The Bertz CT molecular complexity index is 328. The summed E-state index contributed by atoms with van der Waals surface area (Å²) in [4.78, 5) is 0. The van der Waals surface area contributed by atoms with Gasteiger partial charge in [-0.1, -0.05) is 19.1 Å². The van der Waals surface area contributed by atoms with E-state index < -0.39 is 0 Å². The molecule has 0 heterocycles. The highest BCUT2D eigenvalue weighted by Gasteiger charge is 2.09. The first-order valence-corrected chi connectivity index (χ1v) is 5.93. The first kappa shape index (κ1) is 13.8. The van der Waals surface area contributed by atoms with Crippen molar-refractivity contribution in [2.45, 2.75) is 19.9 Å². The van der Waals surface area contributed by atoms with Crippen LogP contribution in [-0.2, 0) is 6.54 Å². The molecule has 17 heavy (non-hydrogen) atoms. The molecule has 0 aliphatic rings. The predicted octanol–water partition coefficient (Wildman–Crippen LogP) is 1.57. The molecule has 0 bridgehead atoms. The Morgan fingerprint density at radius 3 is 2.82 bits per heavy atom. The van der Waals surface area contributed by atoms with Crippen LogP contribution in [0.1, 0.15) is 18.9 Å². The number of hydrogen-bond acceptors (Lipinski definition) is 4. The van der Waals surface area contributed by atoms with Crippen LogP contribution < -0.4 is 14.8 Å². The standard InChI is InChI=1S/C13H21NO3/c1-3-7-14-10-11-5-4-6-12(16-2)13(11)17-9-8-15/h4-6,14-15H,3,7-10H2,1-2H3. The molecule has 1 aromatic carbocycles. The highest BCUT2D eigenvalue weighted by atomic mass is 16.5. The third-order valence-electron chi connectivity index (χ3n) is 2.36. The molecule has 0 aliphatic heterocycles. The minimum atomic E-state index is -0.000122. The molecular formula is C13H21NO3. The van der Waals surface area contributed by atoms with Crippen molar-refractivity contribution >= 4 is 0 Å². The van der Waals surface area contributed by atoms with Crippen LogP contribution in [0.4, 0.5) is 0 Å². The lowest BCUT2D eigenvalue weighted by atomic mass is 10.2. The zero-order valence-electron chi connectivity index (χ0n) is 10.5. The minimum absolute atomic E-state index is 0.000122. The van der Waals surface area contributed by atoms with Crippen molar-refractivity contribution in [3.8, 4) is 11.5 Å². The second kappa shape index (κ2) is 7.92. The van der Waals surface area contributed by atoms with Crippen LogP contribution in [0.15, 0.2) is 18.2 Å². The van der Waals surface area contributed by atoms with E-state index >= 15 is 0 Å². The number of para-hydroxylation sites is 1. The topological polar surface area (TPSA) is 50.7 Å². The highest BCUT2D eigenvalue weighted by Crippen LogP contribution is 2.30. The van der Waals surface area contributed by atoms with E-state index in [1.54, 1.807) is 7.11 Å². The molecule has 4 heteroatoms. The molecule has 0 unspecified atom stereocenters. The maximum Gasteiger partial charge on any atom is 0.165 e. The monoisotopic (exact) mass is 239 g/mol. The number of benzene rings is 1. The van der Waals surface area contributed by atoms with Crippen LogP contribution >= 0.6 is 0 Å². The third kappa shape index (κ3) is 4.24. The molecular weight excluding hydrogens is 218 g/mol. The summed E-state index contributed by atoms with van der Waals surface area (Å²) in [5, 5.41) is 12.1. The van der Waals surface area contributed by atoms with Gasteiger partial charge in [-0.25, -0.2) is 0 Å². The van der Waals surface area contributed by atoms with Crippen molar-refractivity contribution in [1.82, 2.24) is 5.32 Å². The lowest BCUT2D eigenvalue weighted by molar-refractivity contribution is 0.195. The number of rotatable bonds is 8. The van der Waals surface area contributed by atoms with E-state index in [0.717, 1.165) is 25.1 Å². The Hall–Kier alpha value is -1.26. The molecule has 1 rings (SSSR count). The van der Waals surface area contributed by atoms with Gasteiger partial charge in [-0.2, -0.15) is 0 Å². The minimum Gasteiger partial charge on any atom is -0.493 e. The Kier molecular flexibility index (Phi) is 6.43. The van der Waals surface area contributed by atoms with Crippen LogP contribution in [-0.4, -0.2) is 32.0 Å². The lowest BCUT2D eigenvalue weighted by Gasteiger charge is -2.14. The lowest BCUT2D eigenvalue weighted by Crippen LogP contribution is -2.15. The molecule has 0 fully saturated rings. The summed E-state index contributed by atoms with van der Waals surface area (Å²) in [6, 6.07) is 5.79. The fourth-order valence-corrected chi connectivity index (χ4v) is 1.57. The number of nitrogens with one attached hydrogen (secondary N) is 1. The Morgan fingerprint density at radius 2 is 2.18 bits per heavy atom. The van der Waals surface area contributed by atoms with Gasteiger partial charge in [0.05, 0.1) is 13.7 Å². The van der Waals surface area contributed by atoms with Gasteiger partial charge in [0.2, 0.25) is 0 Å². The first-order chi connectivity index (χ1) is 8.33. The summed E-state index contributed by atoms with van der Waals surface area (Å²) in [5.74, 6) is 1.42. The van der Waals surface area contributed by atoms with Gasteiger partial charge >= 0.3 is 0 Å². The quantitative estimate of drug-likeness (QED) is 0.676. The normalized spacial score (nSPS) is 10.3. The van der Waals surface area contributed by atoms with Gasteiger partial charge in [0.25, 0.3) is 0 Å². The third-order valence-corrected chi connectivity index (χ3v) is 2.36. The van der Waals surface area contributed by atoms with Crippen molar-refractivity contribution in [3.63, 3.8) is 0 Å². The van der Waals surface area contributed by atoms with Crippen LogP contribution in [0.5, 0.6) is 11.5 Å². The summed E-state index contributed by atoms with van der Waals surface area (Å²) in [6.45, 7) is 4.12. The van der Waals surface area contributed by atoms with Crippen molar-refractivity contribution in [2.24, 2.45) is 0 Å². The molecule has 4 nitrogen and oxygen atoms in total. The van der Waals surface area contributed by atoms with E-state index in [4.69, 9.17) is 14.6 Å². The summed E-state index contributed by atoms with van der Waals surface area (Å²) in [5.41, 5.74) is 1.05. The van der Waals surface area contributed by atoms with Crippen molar-refractivity contribution in [2.75, 3.05) is 26.9 Å². The summed E-state index contributed by atoms with van der Waals surface area (Å²) in [6.07, 6.45) is 1.09. The van der Waals surface area contributed by atoms with Gasteiger partial charge in [0, 0.05) is 12.1 Å². The second-order valence-electron chi connectivity index (χ2n) is 3.70. The van der Waals surface area contributed by atoms with Crippen LogP contribution in [0.2, 0.25) is 0 Å². The van der Waals surface area contributed by atoms with Crippen molar-refractivity contribution in [3.05, 3.63) is 23.8 Å². The molecule has 0 aromatic heterocycles. The van der Waals surface area contributed by atoms with Gasteiger partial charge in [0.1, 0.15) is 6.61 Å². The number of hydrogen-bond donors (Lipinski definition) is 2. The number of ether oxygens (including phenoxy) is 2. The Morgan fingerprint density at radius 1 is 1.35 bits per heavy atom. The van der Waals surface area contributed by atoms with E-state index in [0.29, 0.717) is 11.5 Å². The fraction of sp³-hybridized carbons (Fsp3) is 0.538. The zero-order valence-corrected chi connectivity index (χ0v) is 10.5. The maximum absolute atomic E-state index is 8.81. The average Bonchev–Trinajstić information content (AvgIpc) is 2.37. The van der Waals surface area contributed by atoms with E-state index in [1.165, 1.54) is 0 Å². The maximum atomic E-state index is 8.81. The van der Waals surface area contributed by atoms with Crippen LogP contribution in [0.25, 0.3) is 0 Å². The molecule has 1 aromatic rings. The molecule has 0 radical (unpaired) electrons. The number of aliphatic hydroxyl groups is 1. The largest absolute Gasteiger partial charge is 0.493 e. The van der Waals surface area contributed by atoms with Crippen molar-refractivity contribution in [1.29, 1.82) is 0 Å². The van der Waals surface area contributed by atoms with Gasteiger partial charge in [-0.3, -0.25) is 0 Å². The van der Waals surface area contributed by atoms with Crippen LogP contribution in [0, 0.1) is 0 Å². The molecule has 0 amide bonds. The average molecular weight is 239 g/mol. The molecule has 0 atom stereocenters. The molecule has 0 saturated carbocycles. The fourth-order valence-electron chi connectivity index (χ4n) is 1.57. The molecule has 96 valence electrons. The highest BCUT2D eigenvalue weighted by molar-refractivity contribution is 5.46. The zero-order chi connectivity index (χ0) is 12.5. The molecule has 0 saturated heterocycles. The molecule has 2 N–H and O–H groups in total. The Balaban J connectivity index is 2.77. The van der Waals surface area contributed by atoms with Gasteiger partial charge < -0.3 is 19.9 Å². The molecule has 0 aliphatic carbocycles. The van der Waals surface area contributed by atoms with E-state index in [-0.39, 0.29) is 13.2 Å². The number of aliphatic hydroxyl groups excluding tert-OH is 1. The predicted molar refractivity (Wildman–Crippen MR) is 67.6 cm³/mol. The SMILES string of the molecule is CCCNCc1cccc(OC)c1OCCO.